The van der Waals surface area contributed by atoms with Gasteiger partial charge in [0, 0.05) is 38.2 Å². The Bertz CT molecular complexity index is 3220. The van der Waals surface area contributed by atoms with Crippen LogP contribution in [0.15, 0.2) is 148 Å². The van der Waals surface area contributed by atoms with Crippen LogP contribution in [0.5, 0.6) is 0 Å². The minimum atomic E-state index is 0.0992. The van der Waals surface area contributed by atoms with Crippen molar-refractivity contribution in [3.05, 3.63) is 151 Å². The predicted molar refractivity (Wildman–Crippen MR) is 229 cm³/mol. The Balaban J connectivity index is 1.14. The molecule has 10 aromatic rings. The maximum Gasteiger partial charge on any atom is 0.167 e. The van der Waals surface area contributed by atoms with Gasteiger partial charge in [0.15, 0.2) is 17.5 Å². The van der Waals surface area contributed by atoms with E-state index in [0.29, 0.717) is 17.5 Å². The largest absolute Gasteiger partial charge is 0.456 e. The number of rotatable bonds is 4. The minimum Gasteiger partial charge on any atom is -0.456 e. The van der Waals surface area contributed by atoms with Crippen LogP contribution < -0.4 is 0 Å². The molecule has 7 aromatic carbocycles. The fourth-order valence-electron chi connectivity index (χ4n) is 9.02. The topological polar surface area (TPSA) is 65.0 Å². The first-order valence-electron chi connectivity index (χ1n) is 19.5. The van der Waals surface area contributed by atoms with E-state index >= 15 is 0 Å². The van der Waals surface area contributed by atoms with Crippen molar-refractivity contribution in [2.45, 2.75) is 51.4 Å². The lowest BCUT2D eigenvalue weighted by atomic mass is 9.63. The van der Waals surface area contributed by atoms with Crippen molar-refractivity contribution >= 4 is 54.6 Å². The van der Waals surface area contributed by atoms with Gasteiger partial charge in [0.05, 0.1) is 5.56 Å². The van der Waals surface area contributed by atoms with E-state index in [1.54, 1.807) is 0 Å². The van der Waals surface area contributed by atoms with Gasteiger partial charge < -0.3 is 8.83 Å². The lowest BCUT2D eigenvalue weighted by Gasteiger charge is -2.42. The van der Waals surface area contributed by atoms with Crippen molar-refractivity contribution < 1.29 is 8.83 Å². The zero-order chi connectivity index (χ0) is 37.8. The van der Waals surface area contributed by atoms with E-state index < -0.39 is 0 Å². The smallest absolute Gasteiger partial charge is 0.167 e. The number of aromatic nitrogens is 3. The number of para-hydroxylation sites is 3. The molecule has 0 amide bonds. The lowest BCUT2D eigenvalue weighted by molar-refractivity contribution is 0.332. The SMILES string of the molecule is CC1(C)CCC(C)(C)c2cc(-c3cccc4c3oc3c(-c5nc(-c6ccc7ccccc7c6)nc(-c6cccc7oc8ccccc8c67)n5)cccc34)ccc21. The van der Waals surface area contributed by atoms with E-state index in [0.717, 1.165) is 83.3 Å². The molecule has 5 nitrogen and oxygen atoms in total. The molecule has 0 spiro atoms. The van der Waals surface area contributed by atoms with Gasteiger partial charge in [0.25, 0.3) is 0 Å². The maximum atomic E-state index is 7.01. The molecule has 0 radical (unpaired) electrons. The van der Waals surface area contributed by atoms with Gasteiger partial charge in [-0.15, -0.1) is 0 Å². The summed E-state index contributed by atoms with van der Waals surface area (Å²) in [5.74, 6) is 1.71. The van der Waals surface area contributed by atoms with Gasteiger partial charge in [-0.3, -0.25) is 0 Å². The summed E-state index contributed by atoms with van der Waals surface area (Å²) in [7, 11) is 0. The average Bonchev–Trinajstić information content (AvgIpc) is 3.81. The van der Waals surface area contributed by atoms with Crippen molar-refractivity contribution in [2.24, 2.45) is 0 Å². The second kappa shape index (κ2) is 12.0. The number of benzene rings is 7. The van der Waals surface area contributed by atoms with E-state index in [2.05, 4.69) is 137 Å². The highest BCUT2D eigenvalue weighted by atomic mass is 16.3. The zero-order valence-electron chi connectivity index (χ0n) is 31.9. The van der Waals surface area contributed by atoms with Crippen LogP contribution >= 0.6 is 0 Å². The highest BCUT2D eigenvalue weighted by molar-refractivity contribution is 6.14. The summed E-state index contributed by atoms with van der Waals surface area (Å²) in [4.78, 5) is 15.6. The molecule has 5 heteroatoms. The molecular formula is C51H39N3O2. The fourth-order valence-corrected chi connectivity index (χ4v) is 9.02. The predicted octanol–water partition coefficient (Wildman–Crippen LogP) is 13.8. The number of hydrogen-bond donors (Lipinski definition) is 0. The molecule has 11 rings (SSSR count). The molecule has 0 aliphatic heterocycles. The molecule has 3 aromatic heterocycles. The van der Waals surface area contributed by atoms with Crippen molar-refractivity contribution in [3.63, 3.8) is 0 Å². The van der Waals surface area contributed by atoms with Crippen LogP contribution in [-0.4, -0.2) is 15.0 Å². The molecule has 0 N–H and O–H groups in total. The average molecular weight is 726 g/mol. The van der Waals surface area contributed by atoms with Crippen molar-refractivity contribution in [1.29, 1.82) is 0 Å². The van der Waals surface area contributed by atoms with Crippen molar-refractivity contribution in [2.75, 3.05) is 0 Å². The zero-order valence-corrected chi connectivity index (χ0v) is 31.9. The van der Waals surface area contributed by atoms with Gasteiger partial charge >= 0.3 is 0 Å². The lowest BCUT2D eigenvalue weighted by Crippen LogP contribution is -2.33. The molecule has 1 aliphatic carbocycles. The maximum absolute atomic E-state index is 7.01. The Morgan fingerprint density at radius 2 is 1.02 bits per heavy atom. The summed E-state index contributed by atoms with van der Waals surface area (Å²) >= 11 is 0. The Hall–Kier alpha value is -6.59. The summed E-state index contributed by atoms with van der Waals surface area (Å²) in [6.07, 6.45) is 2.35. The van der Waals surface area contributed by atoms with E-state index in [1.807, 2.05) is 30.3 Å². The fraction of sp³-hybridized carbons (Fsp3) is 0.157. The molecular weight excluding hydrogens is 687 g/mol. The number of nitrogens with zero attached hydrogens (tertiary/aromatic N) is 3. The molecule has 0 saturated carbocycles. The van der Waals surface area contributed by atoms with E-state index in [-0.39, 0.29) is 10.8 Å². The van der Waals surface area contributed by atoms with Gasteiger partial charge in [-0.05, 0) is 75.4 Å². The molecule has 0 unspecified atom stereocenters. The molecule has 56 heavy (non-hydrogen) atoms. The van der Waals surface area contributed by atoms with Crippen LogP contribution in [0.3, 0.4) is 0 Å². The van der Waals surface area contributed by atoms with Gasteiger partial charge in [0.2, 0.25) is 0 Å². The Morgan fingerprint density at radius 3 is 1.84 bits per heavy atom. The van der Waals surface area contributed by atoms with Gasteiger partial charge in [-0.25, -0.2) is 15.0 Å². The molecule has 1 aliphatic rings. The van der Waals surface area contributed by atoms with Crippen LogP contribution in [0.4, 0.5) is 0 Å². The minimum absolute atomic E-state index is 0.0992. The first-order valence-corrected chi connectivity index (χ1v) is 19.5. The van der Waals surface area contributed by atoms with Gasteiger partial charge in [-0.1, -0.05) is 143 Å². The molecule has 270 valence electrons. The van der Waals surface area contributed by atoms with Crippen molar-refractivity contribution in [3.8, 4) is 45.3 Å². The van der Waals surface area contributed by atoms with Gasteiger partial charge in [-0.2, -0.15) is 0 Å². The number of hydrogen-bond acceptors (Lipinski definition) is 5. The number of fused-ring (bicyclic) bond motifs is 8. The molecule has 0 atom stereocenters. The highest BCUT2D eigenvalue weighted by Gasteiger charge is 2.37. The Morgan fingerprint density at radius 1 is 0.429 bits per heavy atom. The third kappa shape index (κ3) is 5.04. The van der Waals surface area contributed by atoms with Crippen LogP contribution in [0.1, 0.15) is 51.7 Å². The summed E-state index contributed by atoms with van der Waals surface area (Å²) in [5, 5.41) is 6.37. The van der Waals surface area contributed by atoms with Crippen molar-refractivity contribution in [1.82, 2.24) is 15.0 Å². The first-order chi connectivity index (χ1) is 27.2. The monoisotopic (exact) mass is 725 g/mol. The second-order valence-electron chi connectivity index (χ2n) is 16.6. The van der Waals surface area contributed by atoms with Crippen LogP contribution in [0.25, 0.3) is 99.9 Å². The van der Waals surface area contributed by atoms with Crippen LogP contribution in [0.2, 0.25) is 0 Å². The first kappa shape index (κ1) is 32.8. The van der Waals surface area contributed by atoms with Crippen LogP contribution in [-0.2, 0) is 10.8 Å². The second-order valence-corrected chi connectivity index (χ2v) is 16.6. The van der Waals surface area contributed by atoms with Crippen LogP contribution in [0, 0.1) is 0 Å². The summed E-state index contributed by atoms with van der Waals surface area (Å²) in [6, 6.07) is 48.7. The van der Waals surface area contributed by atoms with E-state index in [4.69, 9.17) is 23.8 Å². The quantitative estimate of drug-likeness (QED) is 0.181. The molecule has 0 bridgehead atoms. The molecule has 0 fully saturated rings. The Labute approximate surface area is 324 Å². The van der Waals surface area contributed by atoms with Gasteiger partial charge in [0.1, 0.15) is 22.3 Å². The summed E-state index contributed by atoms with van der Waals surface area (Å²) in [5.41, 5.74) is 11.2. The third-order valence-electron chi connectivity index (χ3n) is 12.2. The third-order valence-corrected chi connectivity index (χ3v) is 12.2. The standard InChI is InChI=1S/C51H39N3O2/c1-50(2)26-27-51(3,4)41-29-32(24-25-40(41)50)34-15-9-16-35-36-17-10-19-39(46(36)56-45(34)35)49-53-47(33-23-22-30-12-5-6-13-31(30)28-33)52-48(54-49)38-18-11-21-43-44(38)37-14-7-8-20-42(37)55-43/h5-25,28-29H,26-27H2,1-4H3. The normalized spacial score (nSPS) is 14.9. The summed E-state index contributed by atoms with van der Waals surface area (Å²) in [6.45, 7) is 9.50. The summed E-state index contributed by atoms with van der Waals surface area (Å²) < 4.78 is 13.3. The number of furan rings is 2. The van der Waals surface area contributed by atoms with E-state index in [9.17, 15) is 0 Å². The molecule has 0 saturated heterocycles. The highest BCUT2D eigenvalue weighted by Crippen LogP contribution is 2.48. The molecule has 3 heterocycles. The Kier molecular flexibility index (Phi) is 7.00. The van der Waals surface area contributed by atoms with E-state index in [1.165, 1.54) is 23.1 Å².